The first-order valence-corrected chi connectivity index (χ1v) is 10.0. The van der Waals surface area contributed by atoms with E-state index in [1.807, 2.05) is 0 Å². The summed E-state index contributed by atoms with van der Waals surface area (Å²) in [5.41, 5.74) is 0.791. The summed E-state index contributed by atoms with van der Waals surface area (Å²) in [7, 11) is 0. The highest BCUT2D eigenvalue weighted by Crippen LogP contribution is 2.15. The topological polar surface area (TPSA) is 99.5 Å². The lowest BCUT2D eigenvalue weighted by Crippen LogP contribution is -2.33. The summed E-state index contributed by atoms with van der Waals surface area (Å²) >= 11 is 0. The highest BCUT2D eigenvalue weighted by molar-refractivity contribution is 5.95. The molecule has 32 heavy (non-hydrogen) atoms. The Kier molecular flexibility index (Phi) is 7.33. The molecule has 0 spiro atoms. The average Bonchev–Trinajstić information content (AvgIpc) is 2.79. The number of nitrogens with zero attached hydrogens (tertiary/aromatic N) is 2. The Morgan fingerprint density at radius 1 is 1.03 bits per heavy atom. The molecule has 1 amide bonds. The fraction of sp³-hybridized carbons (Fsp3) is 0.217. The molecule has 1 N–H and O–H groups in total. The number of halogens is 1. The molecule has 0 aliphatic heterocycles. The zero-order valence-corrected chi connectivity index (χ0v) is 17.6. The number of carbonyl (C=O) groups is 2. The second-order valence-corrected chi connectivity index (χ2v) is 6.70. The number of benzene rings is 2. The van der Waals surface area contributed by atoms with Crippen molar-refractivity contribution < 1.29 is 23.5 Å². The van der Waals surface area contributed by atoms with E-state index >= 15 is 0 Å². The molecule has 0 saturated heterocycles. The number of nitrogens with one attached hydrogen (secondary N) is 1. The van der Waals surface area contributed by atoms with Crippen molar-refractivity contribution in [2.75, 3.05) is 11.9 Å². The molecule has 166 valence electrons. The average molecular weight is 439 g/mol. The molecule has 0 radical (unpaired) electrons. The van der Waals surface area contributed by atoms with E-state index in [-0.39, 0.29) is 12.5 Å². The van der Waals surface area contributed by atoms with Gasteiger partial charge in [-0.25, -0.2) is 9.18 Å². The molecule has 0 bridgehead atoms. The summed E-state index contributed by atoms with van der Waals surface area (Å²) in [6.07, 6.45) is -0.546. The summed E-state index contributed by atoms with van der Waals surface area (Å²) in [6.45, 7) is 3.76. The molecular formula is C23H22FN3O5. The number of amides is 1. The number of esters is 1. The first-order chi connectivity index (χ1) is 15.4. The van der Waals surface area contributed by atoms with Crippen molar-refractivity contribution in [3.8, 4) is 11.6 Å². The van der Waals surface area contributed by atoms with E-state index in [0.29, 0.717) is 23.4 Å². The van der Waals surface area contributed by atoms with Gasteiger partial charge < -0.3 is 14.8 Å². The van der Waals surface area contributed by atoms with Crippen LogP contribution in [0.4, 0.5) is 10.1 Å². The zero-order chi connectivity index (χ0) is 23.1. The van der Waals surface area contributed by atoms with Crippen molar-refractivity contribution in [2.45, 2.75) is 26.4 Å². The Morgan fingerprint density at radius 3 is 2.34 bits per heavy atom. The second kappa shape index (κ2) is 10.3. The molecular weight excluding hydrogens is 417 g/mol. The molecule has 3 aromatic rings. The van der Waals surface area contributed by atoms with E-state index in [9.17, 15) is 18.8 Å². The molecule has 0 saturated carbocycles. The Balaban J connectivity index is 1.71. The number of hydrogen-bond acceptors (Lipinski definition) is 6. The van der Waals surface area contributed by atoms with Gasteiger partial charge in [-0.3, -0.25) is 9.59 Å². The highest BCUT2D eigenvalue weighted by atomic mass is 19.1. The minimum absolute atomic E-state index is 0.0635. The zero-order valence-electron chi connectivity index (χ0n) is 17.6. The number of rotatable bonds is 8. The molecule has 1 aromatic heterocycles. The molecule has 0 fully saturated rings. The van der Waals surface area contributed by atoms with Gasteiger partial charge in [-0.2, -0.15) is 4.68 Å². The van der Waals surface area contributed by atoms with Crippen molar-refractivity contribution in [3.63, 3.8) is 0 Å². The van der Waals surface area contributed by atoms with Gasteiger partial charge in [0.1, 0.15) is 5.82 Å². The molecule has 8 nitrogen and oxygen atoms in total. The summed E-state index contributed by atoms with van der Waals surface area (Å²) < 4.78 is 24.9. The third kappa shape index (κ3) is 5.57. The van der Waals surface area contributed by atoms with Crippen LogP contribution in [-0.2, 0) is 9.53 Å². The maximum absolute atomic E-state index is 13.2. The molecule has 2 aromatic carbocycles. The number of aromatic nitrogens is 2. The van der Waals surface area contributed by atoms with E-state index in [0.717, 1.165) is 4.68 Å². The lowest BCUT2D eigenvalue weighted by atomic mass is 10.2. The normalized spacial score (nSPS) is 11.5. The van der Waals surface area contributed by atoms with Crippen molar-refractivity contribution in [3.05, 3.63) is 82.4 Å². The number of ether oxygens (including phenoxy) is 2. The van der Waals surface area contributed by atoms with E-state index in [2.05, 4.69) is 10.4 Å². The lowest BCUT2D eigenvalue weighted by molar-refractivity contribution is -0.123. The minimum atomic E-state index is -0.883. The number of carbonyl (C=O) groups excluding carboxylic acids is 2. The number of hydrogen-bond donors (Lipinski definition) is 1. The van der Waals surface area contributed by atoms with Gasteiger partial charge in [-0.1, -0.05) is 6.92 Å². The summed E-state index contributed by atoms with van der Waals surface area (Å²) in [4.78, 5) is 36.5. The van der Waals surface area contributed by atoms with Crippen molar-refractivity contribution in [1.82, 2.24) is 9.78 Å². The van der Waals surface area contributed by atoms with Crippen LogP contribution in [0.15, 0.2) is 65.5 Å². The van der Waals surface area contributed by atoms with Crippen LogP contribution in [0.5, 0.6) is 5.88 Å². The first kappa shape index (κ1) is 22.7. The summed E-state index contributed by atoms with van der Waals surface area (Å²) in [6, 6.07) is 14.2. The molecule has 1 atom stereocenters. The first-order valence-electron chi connectivity index (χ1n) is 10.0. The van der Waals surface area contributed by atoms with Crippen LogP contribution in [0.2, 0.25) is 0 Å². The molecule has 0 aliphatic rings. The highest BCUT2D eigenvalue weighted by Gasteiger charge is 2.20. The van der Waals surface area contributed by atoms with Gasteiger partial charge in [0.25, 0.3) is 11.5 Å². The Morgan fingerprint density at radius 2 is 1.72 bits per heavy atom. The summed E-state index contributed by atoms with van der Waals surface area (Å²) in [5.74, 6) is -1.24. The van der Waals surface area contributed by atoms with Crippen LogP contribution in [0, 0.1) is 5.82 Å². The smallest absolute Gasteiger partial charge is 0.338 e. The van der Waals surface area contributed by atoms with E-state index in [1.54, 1.807) is 38.1 Å². The van der Waals surface area contributed by atoms with Crippen LogP contribution in [0.3, 0.4) is 0 Å². The quantitative estimate of drug-likeness (QED) is 0.541. The predicted octanol–water partition coefficient (Wildman–Crippen LogP) is 3.34. The van der Waals surface area contributed by atoms with Crippen LogP contribution < -0.4 is 15.6 Å². The summed E-state index contributed by atoms with van der Waals surface area (Å²) in [5, 5.41) is 6.85. The monoisotopic (exact) mass is 439 g/mol. The van der Waals surface area contributed by atoms with Crippen LogP contribution in [0.1, 0.15) is 30.6 Å². The molecule has 1 heterocycles. The van der Waals surface area contributed by atoms with Gasteiger partial charge in [-0.15, -0.1) is 5.10 Å². The SMILES string of the molecule is CCOC(=O)c1ccc(NC(=O)[C@@H](CC)Oc2ccc(=O)n(-c3ccc(F)cc3)n2)cc1. The molecule has 0 unspecified atom stereocenters. The van der Waals surface area contributed by atoms with Gasteiger partial charge in [0.2, 0.25) is 5.88 Å². The van der Waals surface area contributed by atoms with E-state index in [1.165, 1.54) is 36.4 Å². The third-order valence-corrected chi connectivity index (χ3v) is 4.44. The molecule has 9 heteroatoms. The third-order valence-electron chi connectivity index (χ3n) is 4.44. The van der Waals surface area contributed by atoms with Gasteiger partial charge in [0, 0.05) is 17.8 Å². The van der Waals surface area contributed by atoms with E-state index < -0.39 is 29.4 Å². The lowest BCUT2D eigenvalue weighted by Gasteiger charge is -2.17. The molecule has 3 rings (SSSR count). The van der Waals surface area contributed by atoms with Crippen molar-refractivity contribution in [1.29, 1.82) is 0 Å². The Labute approximate surface area is 183 Å². The Bertz CT molecular complexity index is 1140. The fourth-order valence-corrected chi connectivity index (χ4v) is 2.82. The van der Waals surface area contributed by atoms with Gasteiger partial charge >= 0.3 is 5.97 Å². The maximum atomic E-state index is 13.2. The Hall–Kier alpha value is -4.01. The van der Waals surface area contributed by atoms with Crippen LogP contribution in [-0.4, -0.2) is 34.4 Å². The number of anilines is 1. The standard InChI is InChI=1S/C23H22FN3O5/c1-3-19(22(29)25-17-9-5-15(6-10-17)23(30)31-4-2)32-20-13-14-21(28)27(26-20)18-11-7-16(24)8-12-18/h5-14,19H,3-4H2,1-2H3,(H,25,29)/t19-/m1/s1. The minimum Gasteiger partial charge on any atom is -0.463 e. The fourth-order valence-electron chi connectivity index (χ4n) is 2.82. The second-order valence-electron chi connectivity index (χ2n) is 6.70. The van der Waals surface area contributed by atoms with Gasteiger partial charge in [0.15, 0.2) is 6.10 Å². The van der Waals surface area contributed by atoms with Crippen molar-refractivity contribution >= 4 is 17.6 Å². The molecule has 0 aliphatic carbocycles. The predicted molar refractivity (Wildman–Crippen MR) is 116 cm³/mol. The van der Waals surface area contributed by atoms with Crippen LogP contribution >= 0.6 is 0 Å². The maximum Gasteiger partial charge on any atom is 0.338 e. The van der Waals surface area contributed by atoms with E-state index in [4.69, 9.17) is 9.47 Å². The largest absolute Gasteiger partial charge is 0.463 e. The van der Waals surface area contributed by atoms with Crippen LogP contribution in [0.25, 0.3) is 5.69 Å². The van der Waals surface area contributed by atoms with Gasteiger partial charge in [0.05, 0.1) is 17.9 Å². The van der Waals surface area contributed by atoms with Gasteiger partial charge in [-0.05, 0) is 61.9 Å². The van der Waals surface area contributed by atoms with Crippen molar-refractivity contribution in [2.24, 2.45) is 0 Å².